The Kier molecular flexibility index (Phi) is 9.06. The molecule has 0 aliphatic carbocycles. The molecule has 6 nitrogen and oxygen atoms in total. The molecule has 3 aliphatic rings. The van der Waals surface area contributed by atoms with Crippen LogP contribution in [0.3, 0.4) is 0 Å². The number of nitrogens with one attached hydrogen (secondary N) is 1. The molecule has 1 N–H and O–H groups in total. The highest BCUT2D eigenvalue weighted by atomic mass is 16.7. The average Bonchev–Trinajstić information content (AvgIpc) is 3.17. The van der Waals surface area contributed by atoms with Crippen LogP contribution in [0.15, 0.2) is 60.7 Å². The third kappa shape index (κ3) is 6.49. The van der Waals surface area contributed by atoms with Crippen molar-refractivity contribution in [2.75, 3.05) is 19.6 Å². The van der Waals surface area contributed by atoms with Gasteiger partial charge in [-0.15, -0.1) is 0 Å². The number of rotatable bonds is 10. The number of nitrogens with zero attached hydrogens (tertiary/aromatic N) is 1. The summed E-state index contributed by atoms with van der Waals surface area (Å²) in [7, 11) is -0.208. The average molecular weight is 547 g/mol. The van der Waals surface area contributed by atoms with Crippen molar-refractivity contribution in [1.82, 2.24) is 10.2 Å². The molecule has 3 aliphatic heterocycles. The Balaban J connectivity index is 1.34. The minimum Gasteiger partial charge on any atom is -0.454 e. The van der Waals surface area contributed by atoms with Crippen molar-refractivity contribution >= 4 is 13.1 Å². The first-order valence-electron chi connectivity index (χ1n) is 15.4. The number of hydrogen-bond donors (Lipinski definition) is 1. The van der Waals surface area contributed by atoms with E-state index in [-0.39, 0.29) is 36.4 Å². The summed E-state index contributed by atoms with van der Waals surface area (Å²) >= 11 is 0. The summed E-state index contributed by atoms with van der Waals surface area (Å²) in [5.41, 5.74) is 0.777. The summed E-state index contributed by atoms with van der Waals surface area (Å²) in [4.78, 5) is 16.5. The van der Waals surface area contributed by atoms with Gasteiger partial charge in [0.05, 0.1) is 17.2 Å². The molecule has 0 unspecified atom stereocenters. The zero-order chi connectivity index (χ0) is 28.2. The summed E-state index contributed by atoms with van der Waals surface area (Å²) in [6, 6.07) is 20.5. The Morgan fingerprint density at radius 1 is 0.825 bits per heavy atom. The number of esters is 1. The van der Waals surface area contributed by atoms with Crippen molar-refractivity contribution in [2.24, 2.45) is 0 Å². The predicted molar refractivity (Wildman–Crippen MR) is 160 cm³/mol. The summed E-state index contributed by atoms with van der Waals surface area (Å²) in [6.07, 6.45) is 7.51. The number of unbranched alkanes of at least 4 members (excludes halogenated alkanes) is 1. The third-order valence-corrected chi connectivity index (χ3v) is 9.55. The van der Waals surface area contributed by atoms with Gasteiger partial charge in [-0.3, -0.25) is 10.1 Å². The van der Waals surface area contributed by atoms with Crippen molar-refractivity contribution in [1.29, 1.82) is 0 Å². The van der Waals surface area contributed by atoms with Gasteiger partial charge in [-0.2, -0.15) is 0 Å². The van der Waals surface area contributed by atoms with E-state index < -0.39 is 5.54 Å². The van der Waals surface area contributed by atoms with Crippen LogP contribution in [0.4, 0.5) is 0 Å². The second-order valence-corrected chi connectivity index (χ2v) is 12.9. The van der Waals surface area contributed by atoms with Crippen LogP contribution in [0, 0.1) is 0 Å². The fourth-order valence-corrected chi connectivity index (χ4v) is 6.38. The quantitative estimate of drug-likeness (QED) is 0.209. The van der Waals surface area contributed by atoms with Gasteiger partial charge in [-0.05, 0) is 83.9 Å². The lowest BCUT2D eigenvalue weighted by Gasteiger charge is -2.45. The van der Waals surface area contributed by atoms with E-state index in [9.17, 15) is 4.79 Å². The van der Waals surface area contributed by atoms with E-state index in [4.69, 9.17) is 14.0 Å². The van der Waals surface area contributed by atoms with Crippen LogP contribution in [0.5, 0.6) is 0 Å². The van der Waals surface area contributed by atoms with E-state index in [1.165, 1.54) is 19.3 Å². The zero-order valence-electron chi connectivity index (χ0n) is 24.9. The molecular weight excluding hydrogens is 499 g/mol. The molecule has 7 heteroatoms. The molecule has 3 saturated heterocycles. The van der Waals surface area contributed by atoms with Gasteiger partial charge < -0.3 is 18.9 Å². The summed E-state index contributed by atoms with van der Waals surface area (Å²) in [5.74, 6) is -0.124. The largest absolute Gasteiger partial charge is 0.457 e. The van der Waals surface area contributed by atoms with E-state index in [2.05, 4.69) is 74.3 Å². The minimum atomic E-state index is -0.737. The number of cyclic esters (lactones) is 1. The molecule has 0 saturated carbocycles. The fraction of sp³-hybridized carbons (Fsp3) is 0.606. The highest BCUT2D eigenvalue weighted by Crippen LogP contribution is 2.42. The van der Waals surface area contributed by atoms with Crippen molar-refractivity contribution in [3.63, 3.8) is 0 Å². The molecule has 3 atom stereocenters. The van der Waals surface area contributed by atoms with Gasteiger partial charge in [0.25, 0.3) is 0 Å². The standard InChI is InChI=1S/C33H47BN2O4/c1-31(2)32(3,4)40-34(39-31)22-13-12-20-33(21-25-36-23-14-7-15-24-36)30(37)38-29(27-18-10-6-11-19-27)28(35-33)26-16-8-5-9-17-26/h5-6,8-11,16-19,28-29,35H,7,12-15,20-25H2,1-4H3/t28-,29+,33-/m1/s1. The highest BCUT2D eigenvalue weighted by molar-refractivity contribution is 6.45. The molecule has 0 spiro atoms. The summed E-state index contributed by atoms with van der Waals surface area (Å²) in [5, 5.41) is 3.91. The van der Waals surface area contributed by atoms with Gasteiger partial charge >= 0.3 is 13.1 Å². The van der Waals surface area contributed by atoms with Crippen molar-refractivity contribution in [2.45, 2.75) is 108 Å². The van der Waals surface area contributed by atoms with Crippen LogP contribution in [0.25, 0.3) is 0 Å². The molecule has 5 rings (SSSR count). The van der Waals surface area contributed by atoms with Crippen LogP contribution >= 0.6 is 0 Å². The Labute approximate surface area is 241 Å². The second kappa shape index (κ2) is 12.4. The van der Waals surface area contributed by atoms with Gasteiger partial charge in [0.1, 0.15) is 11.6 Å². The van der Waals surface area contributed by atoms with E-state index in [1.54, 1.807) is 0 Å². The van der Waals surface area contributed by atoms with Crippen molar-refractivity contribution in [3.8, 4) is 0 Å². The summed E-state index contributed by atoms with van der Waals surface area (Å²) in [6.45, 7) is 11.5. The minimum absolute atomic E-state index is 0.120. The first kappa shape index (κ1) is 29.3. The maximum atomic E-state index is 14.0. The highest BCUT2D eigenvalue weighted by Gasteiger charge is 2.51. The van der Waals surface area contributed by atoms with Crippen LogP contribution in [-0.2, 0) is 18.8 Å². The number of carbonyl (C=O) groups excluding carboxylic acids is 1. The molecule has 0 aromatic heterocycles. The molecule has 2 aromatic carbocycles. The van der Waals surface area contributed by atoms with Gasteiger partial charge in [-0.1, -0.05) is 79.9 Å². The SMILES string of the molecule is CC1(C)OB(CCCC[C@]2(CCN3CCCCC3)N[C@H](c3ccccc3)[C@H](c3ccccc3)OC2=O)OC1(C)C. The molecule has 3 heterocycles. The first-order chi connectivity index (χ1) is 19.2. The molecule has 0 bridgehead atoms. The lowest BCUT2D eigenvalue weighted by atomic mass is 9.79. The van der Waals surface area contributed by atoms with Crippen LogP contribution in [0.1, 0.15) is 95.9 Å². The molecule has 0 amide bonds. The number of benzene rings is 2. The molecule has 0 radical (unpaired) electrons. The zero-order valence-corrected chi connectivity index (χ0v) is 24.9. The number of ether oxygens (including phenoxy) is 1. The van der Waals surface area contributed by atoms with Crippen LogP contribution in [0.2, 0.25) is 6.32 Å². The predicted octanol–water partition coefficient (Wildman–Crippen LogP) is 6.49. The maximum Gasteiger partial charge on any atom is 0.457 e. The maximum absolute atomic E-state index is 14.0. The topological polar surface area (TPSA) is 60.0 Å². The van der Waals surface area contributed by atoms with E-state index in [0.717, 1.165) is 62.8 Å². The smallest absolute Gasteiger partial charge is 0.454 e. The Morgan fingerprint density at radius 2 is 1.43 bits per heavy atom. The monoisotopic (exact) mass is 546 g/mol. The number of morpholine rings is 1. The van der Waals surface area contributed by atoms with Gasteiger partial charge in [0.15, 0.2) is 0 Å². The second-order valence-electron chi connectivity index (χ2n) is 12.9. The Hall–Kier alpha value is -2.19. The molecule has 216 valence electrons. The first-order valence-corrected chi connectivity index (χ1v) is 15.4. The van der Waals surface area contributed by atoms with Crippen LogP contribution in [-0.4, -0.2) is 54.4 Å². The molecule has 40 heavy (non-hydrogen) atoms. The van der Waals surface area contributed by atoms with Crippen molar-refractivity contribution < 1.29 is 18.8 Å². The fourth-order valence-electron chi connectivity index (χ4n) is 6.38. The Morgan fingerprint density at radius 3 is 2.05 bits per heavy atom. The van der Waals surface area contributed by atoms with E-state index >= 15 is 0 Å². The number of hydrogen-bond acceptors (Lipinski definition) is 6. The Bertz CT molecular complexity index is 1090. The molecule has 2 aromatic rings. The molecule has 3 fully saturated rings. The van der Waals surface area contributed by atoms with Gasteiger partial charge in [0.2, 0.25) is 0 Å². The van der Waals surface area contributed by atoms with Gasteiger partial charge in [0, 0.05) is 6.54 Å². The number of carbonyl (C=O) groups is 1. The third-order valence-electron chi connectivity index (χ3n) is 9.55. The molecular formula is C33H47BN2O4. The van der Waals surface area contributed by atoms with E-state index in [0.29, 0.717) is 0 Å². The van der Waals surface area contributed by atoms with Crippen LogP contribution < -0.4 is 5.32 Å². The lowest BCUT2D eigenvalue weighted by molar-refractivity contribution is -0.170. The number of likely N-dealkylation sites (tertiary alicyclic amines) is 1. The normalized spacial score (nSPS) is 28.4. The van der Waals surface area contributed by atoms with Gasteiger partial charge in [-0.25, -0.2) is 0 Å². The van der Waals surface area contributed by atoms with E-state index in [1.807, 2.05) is 24.3 Å². The number of piperidine rings is 1. The lowest BCUT2D eigenvalue weighted by Crippen LogP contribution is -2.60. The van der Waals surface area contributed by atoms with Crippen molar-refractivity contribution in [3.05, 3.63) is 71.8 Å². The summed E-state index contributed by atoms with van der Waals surface area (Å²) < 4.78 is 18.9.